The van der Waals surface area contributed by atoms with Gasteiger partial charge in [0.2, 0.25) is 0 Å². The maximum Gasteiger partial charge on any atom is 0.315 e. The van der Waals surface area contributed by atoms with Crippen molar-refractivity contribution in [2.45, 2.75) is 57.0 Å². The van der Waals surface area contributed by atoms with Gasteiger partial charge in [-0.3, -0.25) is 4.79 Å². The van der Waals surface area contributed by atoms with Crippen LogP contribution in [0.15, 0.2) is 36.5 Å². The first-order chi connectivity index (χ1) is 15.1. The molecule has 0 bridgehead atoms. The molecule has 0 spiro atoms. The molecular formula is C23H31N5O3. The van der Waals surface area contributed by atoms with E-state index in [0.717, 1.165) is 37.1 Å². The number of hydrogen-bond acceptors (Lipinski definition) is 4. The largest absolute Gasteiger partial charge is 0.497 e. The number of methoxy groups -OCH3 is 1. The molecule has 1 saturated carbocycles. The molecule has 8 nitrogen and oxygen atoms in total. The van der Waals surface area contributed by atoms with E-state index in [1.165, 1.54) is 19.3 Å². The lowest BCUT2D eigenvalue weighted by Crippen LogP contribution is -2.51. The number of likely N-dealkylation sites (tertiary alicyclic amines) is 1. The molecule has 3 amide bonds. The fourth-order valence-corrected chi connectivity index (χ4v) is 4.37. The SMILES string of the molecule is COc1ccc(-n2ccc(C(=O)N3CCC(NC(=O)NC4CCCCC4)CC3)n2)cc1. The number of rotatable bonds is 5. The van der Waals surface area contributed by atoms with Gasteiger partial charge in [0.1, 0.15) is 5.75 Å². The standard InChI is InChI=1S/C23H31N5O3/c1-31-20-9-7-19(8-10-20)28-16-13-21(26-28)22(29)27-14-11-18(12-15-27)25-23(30)24-17-5-3-2-4-6-17/h7-10,13,16-18H,2-6,11-12,14-15H2,1H3,(H2,24,25,30). The van der Waals surface area contributed by atoms with Crippen LogP contribution in [0.4, 0.5) is 4.79 Å². The minimum Gasteiger partial charge on any atom is -0.497 e. The number of piperidine rings is 1. The summed E-state index contributed by atoms with van der Waals surface area (Å²) in [6.45, 7) is 1.23. The third-order valence-corrected chi connectivity index (χ3v) is 6.20. The van der Waals surface area contributed by atoms with Gasteiger partial charge in [0.05, 0.1) is 12.8 Å². The van der Waals surface area contributed by atoms with Gasteiger partial charge < -0.3 is 20.3 Å². The van der Waals surface area contributed by atoms with E-state index >= 15 is 0 Å². The first-order valence-electron chi connectivity index (χ1n) is 11.2. The Hall–Kier alpha value is -3.03. The van der Waals surface area contributed by atoms with Gasteiger partial charge in [-0.1, -0.05) is 19.3 Å². The van der Waals surface area contributed by atoms with Crippen LogP contribution in [-0.2, 0) is 0 Å². The van der Waals surface area contributed by atoms with Gasteiger partial charge in [-0.25, -0.2) is 9.48 Å². The number of amides is 3. The molecule has 1 aromatic carbocycles. The zero-order valence-corrected chi connectivity index (χ0v) is 18.0. The average molecular weight is 426 g/mol. The molecule has 4 rings (SSSR count). The molecule has 1 aliphatic heterocycles. The van der Waals surface area contributed by atoms with E-state index in [1.807, 2.05) is 29.2 Å². The molecule has 31 heavy (non-hydrogen) atoms. The number of nitrogens with zero attached hydrogens (tertiary/aromatic N) is 3. The monoisotopic (exact) mass is 425 g/mol. The van der Waals surface area contributed by atoms with Crippen LogP contribution in [0, 0.1) is 0 Å². The molecule has 2 heterocycles. The maximum absolute atomic E-state index is 12.9. The number of ether oxygens (including phenoxy) is 1. The van der Waals surface area contributed by atoms with Crippen LogP contribution in [0.25, 0.3) is 5.69 Å². The number of nitrogens with one attached hydrogen (secondary N) is 2. The number of carbonyl (C=O) groups excluding carboxylic acids is 2. The summed E-state index contributed by atoms with van der Waals surface area (Å²) in [5.74, 6) is 0.702. The van der Waals surface area contributed by atoms with E-state index in [1.54, 1.807) is 24.1 Å². The summed E-state index contributed by atoms with van der Waals surface area (Å²) < 4.78 is 6.87. The van der Waals surface area contributed by atoms with Crippen molar-refractivity contribution in [3.63, 3.8) is 0 Å². The van der Waals surface area contributed by atoms with Crippen molar-refractivity contribution in [2.75, 3.05) is 20.2 Å². The lowest BCUT2D eigenvalue weighted by Gasteiger charge is -2.32. The second-order valence-corrected chi connectivity index (χ2v) is 8.36. The Morgan fingerprint density at radius 3 is 2.23 bits per heavy atom. The molecule has 0 atom stereocenters. The summed E-state index contributed by atoms with van der Waals surface area (Å²) >= 11 is 0. The Morgan fingerprint density at radius 2 is 1.58 bits per heavy atom. The molecule has 2 N–H and O–H groups in total. The summed E-state index contributed by atoms with van der Waals surface area (Å²) in [5.41, 5.74) is 1.30. The van der Waals surface area contributed by atoms with E-state index in [9.17, 15) is 9.59 Å². The molecule has 1 aromatic heterocycles. The van der Waals surface area contributed by atoms with E-state index < -0.39 is 0 Å². The summed E-state index contributed by atoms with van der Waals surface area (Å²) in [6, 6.07) is 9.59. The number of hydrogen-bond donors (Lipinski definition) is 2. The van der Waals surface area contributed by atoms with Crippen molar-refractivity contribution in [1.29, 1.82) is 0 Å². The highest BCUT2D eigenvalue weighted by atomic mass is 16.5. The van der Waals surface area contributed by atoms with Crippen molar-refractivity contribution >= 4 is 11.9 Å². The van der Waals surface area contributed by atoms with Crippen LogP contribution >= 0.6 is 0 Å². The molecule has 2 aromatic rings. The Bertz CT molecular complexity index is 881. The van der Waals surface area contributed by atoms with Crippen molar-refractivity contribution in [3.05, 3.63) is 42.2 Å². The molecule has 0 unspecified atom stereocenters. The fourth-order valence-electron chi connectivity index (χ4n) is 4.37. The Kier molecular flexibility index (Phi) is 6.74. The molecule has 166 valence electrons. The van der Waals surface area contributed by atoms with Crippen LogP contribution < -0.4 is 15.4 Å². The predicted octanol–water partition coefficient (Wildman–Crippen LogP) is 3.12. The normalized spacial score (nSPS) is 17.9. The van der Waals surface area contributed by atoms with Crippen LogP contribution in [0.3, 0.4) is 0 Å². The first-order valence-corrected chi connectivity index (χ1v) is 11.2. The zero-order chi connectivity index (χ0) is 21.6. The summed E-state index contributed by atoms with van der Waals surface area (Å²) in [5, 5.41) is 10.6. The summed E-state index contributed by atoms with van der Waals surface area (Å²) in [7, 11) is 1.63. The quantitative estimate of drug-likeness (QED) is 0.770. The Labute approximate surface area is 182 Å². The number of urea groups is 1. The Morgan fingerprint density at radius 1 is 0.935 bits per heavy atom. The molecule has 1 saturated heterocycles. The van der Waals surface area contributed by atoms with Gasteiger partial charge in [0.25, 0.3) is 5.91 Å². The molecule has 8 heteroatoms. The van der Waals surface area contributed by atoms with Gasteiger partial charge in [0, 0.05) is 31.4 Å². The van der Waals surface area contributed by atoms with E-state index in [0.29, 0.717) is 24.8 Å². The maximum atomic E-state index is 12.9. The van der Waals surface area contributed by atoms with Crippen LogP contribution in [0.5, 0.6) is 5.75 Å². The number of benzene rings is 1. The van der Waals surface area contributed by atoms with Gasteiger partial charge in [-0.05, 0) is 56.0 Å². The van der Waals surface area contributed by atoms with Crippen molar-refractivity contribution in [1.82, 2.24) is 25.3 Å². The van der Waals surface area contributed by atoms with Gasteiger partial charge in [-0.2, -0.15) is 5.10 Å². The van der Waals surface area contributed by atoms with Crippen LogP contribution in [-0.4, -0.2) is 58.9 Å². The highest BCUT2D eigenvalue weighted by Gasteiger charge is 2.26. The molecular weight excluding hydrogens is 394 g/mol. The molecule has 2 fully saturated rings. The predicted molar refractivity (Wildman–Crippen MR) is 118 cm³/mol. The topological polar surface area (TPSA) is 88.5 Å². The molecule has 2 aliphatic rings. The molecule has 1 aliphatic carbocycles. The summed E-state index contributed by atoms with van der Waals surface area (Å²) in [4.78, 5) is 27.0. The van der Waals surface area contributed by atoms with Crippen molar-refractivity contribution < 1.29 is 14.3 Å². The number of aromatic nitrogens is 2. The highest BCUT2D eigenvalue weighted by molar-refractivity contribution is 5.92. The zero-order valence-electron chi connectivity index (χ0n) is 18.0. The number of carbonyl (C=O) groups is 2. The van der Waals surface area contributed by atoms with E-state index in [4.69, 9.17) is 4.74 Å². The van der Waals surface area contributed by atoms with Crippen LogP contribution in [0.1, 0.15) is 55.4 Å². The lowest BCUT2D eigenvalue weighted by molar-refractivity contribution is 0.0701. The minimum atomic E-state index is -0.0742. The second-order valence-electron chi connectivity index (χ2n) is 8.36. The molecule has 0 radical (unpaired) electrons. The smallest absolute Gasteiger partial charge is 0.315 e. The van der Waals surface area contributed by atoms with E-state index in [2.05, 4.69) is 15.7 Å². The minimum absolute atomic E-state index is 0.0719. The van der Waals surface area contributed by atoms with Gasteiger partial charge in [-0.15, -0.1) is 0 Å². The van der Waals surface area contributed by atoms with Gasteiger partial charge >= 0.3 is 6.03 Å². The van der Waals surface area contributed by atoms with Crippen LogP contribution in [0.2, 0.25) is 0 Å². The van der Waals surface area contributed by atoms with Crippen molar-refractivity contribution in [3.8, 4) is 11.4 Å². The third-order valence-electron chi connectivity index (χ3n) is 6.20. The second kappa shape index (κ2) is 9.85. The lowest BCUT2D eigenvalue weighted by atomic mass is 9.96. The van der Waals surface area contributed by atoms with Crippen molar-refractivity contribution in [2.24, 2.45) is 0 Å². The van der Waals surface area contributed by atoms with E-state index in [-0.39, 0.29) is 18.0 Å². The third kappa shape index (κ3) is 5.37. The van der Waals surface area contributed by atoms with Gasteiger partial charge in [0.15, 0.2) is 5.69 Å². The fraction of sp³-hybridized carbons (Fsp3) is 0.522. The average Bonchev–Trinajstić information content (AvgIpc) is 3.30. The Balaban J connectivity index is 1.26. The summed E-state index contributed by atoms with van der Waals surface area (Å²) in [6.07, 6.45) is 9.10. The first kappa shape index (κ1) is 21.2. The highest BCUT2D eigenvalue weighted by Crippen LogP contribution is 2.18.